The molecule has 0 spiro atoms. The minimum absolute atomic E-state index is 0.0844. The van der Waals surface area contributed by atoms with Gasteiger partial charge in [-0.05, 0) is 37.6 Å². The highest BCUT2D eigenvalue weighted by molar-refractivity contribution is 7.89. The minimum atomic E-state index is -3.70. The van der Waals surface area contributed by atoms with Gasteiger partial charge in [-0.3, -0.25) is 4.79 Å². The van der Waals surface area contributed by atoms with Crippen molar-refractivity contribution in [1.29, 1.82) is 0 Å². The van der Waals surface area contributed by atoms with Gasteiger partial charge in [0.05, 0.1) is 17.4 Å². The van der Waals surface area contributed by atoms with E-state index in [1.165, 1.54) is 12.1 Å². The molecule has 0 aliphatic rings. The van der Waals surface area contributed by atoms with E-state index in [-0.39, 0.29) is 11.4 Å². The van der Waals surface area contributed by atoms with E-state index < -0.39 is 21.9 Å². The summed E-state index contributed by atoms with van der Waals surface area (Å²) in [5, 5.41) is 8.88. The maximum Gasteiger partial charge on any atom is 0.307 e. The average molecular weight is 301 g/mol. The monoisotopic (exact) mass is 301 g/mol. The van der Waals surface area contributed by atoms with Crippen molar-refractivity contribution in [2.24, 2.45) is 5.92 Å². The summed E-state index contributed by atoms with van der Waals surface area (Å²) in [6, 6.07) is 5.98. The zero-order chi connectivity index (χ0) is 15.2. The highest BCUT2D eigenvalue weighted by Gasteiger charge is 2.20. The molecule has 1 aromatic rings. The van der Waals surface area contributed by atoms with Crippen molar-refractivity contribution in [2.45, 2.75) is 25.2 Å². The molecule has 2 N–H and O–H groups in total. The number of hydrogen-bond acceptors (Lipinski definition) is 4. The zero-order valence-electron chi connectivity index (χ0n) is 11.5. The molecule has 0 saturated carbocycles. The number of aliphatic carboxylic acids is 1. The van der Waals surface area contributed by atoms with Crippen LogP contribution in [-0.4, -0.2) is 32.6 Å². The molecule has 0 aliphatic heterocycles. The Morgan fingerprint density at radius 3 is 2.35 bits per heavy atom. The Bertz CT molecular complexity index is 538. The van der Waals surface area contributed by atoms with Crippen LogP contribution < -0.4 is 9.46 Å². The third kappa shape index (κ3) is 4.50. The second-order valence-corrected chi connectivity index (χ2v) is 5.97. The molecule has 7 heteroatoms. The van der Waals surface area contributed by atoms with E-state index >= 15 is 0 Å². The molecule has 1 unspecified atom stereocenters. The first-order valence-electron chi connectivity index (χ1n) is 6.36. The van der Waals surface area contributed by atoms with Crippen LogP contribution in [0.2, 0.25) is 0 Å². The number of benzene rings is 1. The molecular weight excluding hydrogens is 282 g/mol. The second-order valence-electron chi connectivity index (χ2n) is 4.20. The van der Waals surface area contributed by atoms with E-state index in [0.29, 0.717) is 18.8 Å². The van der Waals surface area contributed by atoms with Crippen LogP contribution in [0.3, 0.4) is 0 Å². The summed E-state index contributed by atoms with van der Waals surface area (Å²) < 4.78 is 31.5. The summed E-state index contributed by atoms with van der Waals surface area (Å²) in [6.45, 7) is 3.91. The number of ether oxygens (including phenoxy) is 1. The molecule has 1 rings (SSSR count). The molecule has 0 aromatic heterocycles. The van der Waals surface area contributed by atoms with E-state index in [2.05, 4.69) is 4.72 Å². The van der Waals surface area contributed by atoms with Crippen molar-refractivity contribution in [3.8, 4) is 5.75 Å². The summed E-state index contributed by atoms with van der Waals surface area (Å²) in [4.78, 5) is 10.9. The van der Waals surface area contributed by atoms with Crippen molar-refractivity contribution in [3.05, 3.63) is 24.3 Å². The first kappa shape index (κ1) is 16.5. The van der Waals surface area contributed by atoms with E-state index in [9.17, 15) is 13.2 Å². The number of nitrogens with one attached hydrogen (secondary N) is 1. The molecule has 0 aliphatic carbocycles. The lowest BCUT2D eigenvalue weighted by atomic mass is 10.1. The van der Waals surface area contributed by atoms with Crippen LogP contribution in [0.5, 0.6) is 5.75 Å². The number of carbonyl (C=O) groups is 1. The van der Waals surface area contributed by atoms with Crippen LogP contribution in [0, 0.1) is 5.92 Å². The van der Waals surface area contributed by atoms with Crippen molar-refractivity contribution in [1.82, 2.24) is 4.72 Å². The summed E-state index contributed by atoms with van der Waals surface area (Å²) >= 11 is 0. The molecule has 20 heavy (non-hydrogen) atoms. The van der Waals surface area contributed by atoms with Gasteiger partial charge in [0, 0.05) is 6.54 Å². The maximum atomic E-state index is 12.0. The molecule has 0 bridgehead atoms. The fourth-order valence-corrected chi connectivity index (χ4v) is 2.66. The third-order valence-electron chi connectivity index (χ3n) is 2.81. The first-order valence-corrected chi connectivity index (χ1v) is 7.84. The highest BCUT2D eigenvalue weighted by atomic mass is 32.2. The van der Waals surface area contributed by atoms with Gasteiger partial charge >= 0.3 is 5.97 Å². The van der Waals surface area contributed by atoms with Crippen molar-refractivity contribution >= 4 is 16.0 Å². The number of carboxylic acid groups (broad SMARTS) is 1. The molecule has 0 saturated heterocycles. The van der Waals surface area contributed by atoms with Gasteiger partial charge in [-0.25, -0.2) is 13.1 Å². The molecule has 1 atom stereocenters. The zero-order valence-corrected chi connectivity index (χ0v) is 12.3. The largest absolute Gasteiger partial charge is 0.494 e. The Hall–Kier alpha value is -1.60. The van der Waals surface area contributed by atoms with Crippen LogP contribution in [0.4, 0.5) is 0 Å². The lowest BCUT2D eigenvalue weighted by Crippen LogP contribution is -2.32. The van der Waals surface area contributed by atoms with Crippen molar-refractivity contribution in [3.63, 3.8) is 0 Å². The number of sulfonamides is 1. The Morgan fingerprint density at radius 2 is 1.90 bits per heavy atom. The lowest BCUT2D eigenvalue weighted by Gasteiger charge is -2.12. The van der Waals surface area contributed by atoms with Crippen LogP contribution in [-0.2, 0) is 14.8 Å². The Labute approximate surface area is 118 Å². The van der Waals surface area contributed by atoms with E-state index in [4.69, 9.17) is 9.84 Å². The van der Waals surface area contributed by atoms with Gasteiger partial charge in [0.1, 0.15) is 5.75 Å². The Morgan fingerprint density at radius 1 is 1.30 bits per heavy atom. The standard InChI is InChI=1S/C13H19NO5S/c1-3-10(13(15)16)9-14-20(17,18)12-7-5-11(6-8-12)19-4-2/h5-8,10,14H,3-4,9H2,1-2H3,(H,15,16). The van der Waals surface area contributed by atoms with E-state index in [1.807, 2.05) is 6.92 Å². The van der Waals surface area contributed by atoms with Gasteiger partial charge in [-0.15, -0.1) is 0 Å². The normalized spacial score (nSPS) is 12.9. The summed E-state index contributed by atoms with van der Waals surface area (Å²) in [5.74, 6) is -1.15. The van der Waals surface area contributed by atoms with E-state index in [1.54, 1.807) is 19.1 Å². The lowest BCUT2D eigenvalue weighted by molar-refractivity contribution is -0.141. The smallest absolute Gasteiger partial charge is 0.307 e. The Kier molecular flexibility index (Phi) is 5.97. The number of carboxylic acids is 1. The van der Waals surface area contributed by atoms with Crippen LogP contribution >= 0.6 is 0 Å². The van der Waals surface area contributed by atoms with Crippen LogP contribution in [0.1, 0.15) is 20.3 Å². The number of rotatable bonds is 8. The summed E-state index contributed by atoms with van der Waals surface area (Å²) in [7, 11) is -3.70. The quantitative estimate of drug-likeness (QED) is 0.758. The molecule has 1 aromatic carbocycles. The Balaban J connectivity index is 2.75. The van der Waals surface area contributed by atoms with Gasteiger partial charge in [0.2, 0.25) is 10.0 Å². The molecular formula is C13H19NO5S. The van der Waals surface area contributed by atoms with E-state index in [0.717, 1.165) is 0 Å². The fraction of sp³-hybridized carbons (Fsp3) is 0.462. The minimum Gasteiger partial charge on any atom is -0.494 e. The molecule has 6 nitrogen and oxygen atoms in total. The maximum absolute atomic E-state index is 12.0. The van der Waals surface area contributed by atoms with Crippen molar-refractivity contribution < 1.29 is 23.1 Å². The summed E-state index contributed by atoms with van der Waals surface area (Å²) in [5.41, 5.74) is 0. The predicted octanol–water partition coefficient (Wildman–Crippen LogP) is 1.47. The van der Waals surface area contributed by atoms with Gasteiger partial charge in [0.15, 0.2) is 0 Å². The molecule has 0 radical (unpaired) electrons. The predicted molar refractivity (Wildman–Crippen MR) is 74.2 cm³/mol. The molecule has 112 valence electrons. The third-order valence-corrected chi connectivity index (χ3v) is 4.25. The highest BCUT2D eigenvalue weighted by Crippen LogP contribution is 2.16. The van der Waals surface area contributed by atoms with Gasteiger partial charge in [-0.2, -0.15) is 0 Å². The second kappa shape index (κ2) is 7.25. The number of hydrogen-bond donors (Lipinski definition) is 2. The average Bonchev–Trinajstić information content (AvgIpc) is 2.40. The SMILES string of the molecule is CCOc1ccc(S(=O)(=O)NCC(CC)C(=O)O)cc1. The summed E-state index contributed by atoms with van der Waals surface area (Å²) in [6.07, 6.45) is 0.362. The van der Waals surface area contributed by atoms with Crippen molar-refractivity contribution in [2.75, 3.05) is 13.2 Å². The molecule has 0 heterocycles. The van der Waals surface area contributed by atoms with Crippen LogP contribution in [0.15, 0.2) is 29.2 Å². The fourth-order valence-electron chi connectivity index (χ4n) is 1.58. The van der Waals surface area contributed by atoms with Gasteiger partial charge in [0.25, 0.3) is 0 Å². The van der Waals surface area contributed by atoms with Crippen LogP contribution in [0.25, 0.3) is 0 Å². The van der Waals surface area contributed by atoms with Gasteiger partial charge in [-0.1, -0.05) is 6.92 Å². The first-order chi connectivity index (χ1) is 9.40. The molecule has 0 amide bonds. The van der Waals surface area contributed by atoms with Gasteiger partial charge < -0.3 is 9.84 Å². The topological polar surface area (TPSA) is 92.7 Å². The molecule has 0 fully saturated rings.